The highest BCUT2D eigenvalue weighted by atomic mass is 16.6. The minimum atomic E-state index is -0.408. The van der Waals surface area contributed by atoms with E-state index < -0.39 is 5.60 Å². The van der Waals surface area contributed by atoms with Gasteiger partial charge >= 0.3 is 5.97 Å². The van der Waals surface area contributed by atoms with Crippen molar-refractivity contribution in [1.29, 1.82) is 0 Å². The first-order chi connectivity index (χ1) is 7.37. The molecule has 0 N–H and O–H groups in total. The quantitative estimate of drug-likeness (QED) is 0.683. The van der Waals surface area contributed by atoms with E-state index in [4.69, 9.17) is 4.74 Å². The summed E-state index contributed by atoms with van der Waals surface area (Å²) in [6, 6.07) is 0. The van der Waals surface area contributed by atoms with E-state index in [9.17, 15) is 9.59 Å². The van der Waals surface area contributed by atoms with Crippen LogP contribution >= 0.6 is 0 Å². The molecule has 0 aliphatic carbocycles. The first kappa shape index (κ1) is 13.2. The van der Waals surface area contributed by atoms with E-state index in [2.05, 4.69) is 4.90 Å². The van der Waals surface area contributed by atoms with Crippen LogP contribution < -0.4 is 0 Å². The van der Waals surface area contributed by atoms with Crippen molar-refractivity contribution in [2.75, 3.05) is 19.6 Å². The van der Waals surface area contributed by atoms with Crippen molar-refractivity contribution in [3.05, 3.63) is 0 Å². The smallest absolute Gasteiger partial charge is 0.307 e. The Morgan fingerprint density at radius 1 is 1.31 bits per heavy atom. The Labute approximate surface area is 96.9 Å². The molecule has 92 valence electrons. The van der Waals surface area contributed by atoms with Gasteiger partial charge in [-0.3, -0.25) is 9.59 Å². The van der Waals surface area contributed by atoms with Crippen molar-refractivity contribution in [3.8, 4) is 0 Å². The number of carbonyl (C=O) groups is 2. The topological polar surface area (TPSA) is 46.6 Å². The number of ether oxygens (including phenoxy) is 1. The third-order valence-electron chi connectivity index (χ3n) is 2.47. The molecular weight excluding hydrogens is 206 g/mol. The van der Waals surface area contributed by atoms with Crippen LogP contribution in [0.1, 0.15) is 40.0 Å². The van der Waals surface area contributed by atoms with Crippen molar-refractivity contribution in [1.82, 2.24) is 4.90 Å². The second-order valence-corrected chi connectivity index (χ2v) is 5.22. The molecule has 1 heterocycles. The maximum absolute atomic E-state index is 11.4. The van der Waals surface area contributed by atoms with Gasteiger partial charge in [-0.15, -0.1) is 0 Å². The Morgan fingerprint density at radius 3 is 2.38 bits per heavy atom. The zero-order valence-corrected chi connectivity index (χ0v) is 10.4. The first-order valence-electron chi connectivity index (χ1n) is 5.83. The molecule has 0 aromatic rings. The van der Waals surface area contributed by atoms with Gasteiger partial charge in [0.15, 0.2) is 0 Å². The van der Waals surface area contributed by atoms with Crippen molar-refractivity contribution < 1.29 is 14.3 Å². The molecule has 1 rings (SSSR count). The summed E-state index contributed by atoms with van der Waals surface area (Å²) in [5.41, 5.74) is -0.408. The van der Waals surface area contributed by atoms with E-state index in [1.807, 2.05) is 20.8 Å². The zero-order valence-electron chi connectivity index (χ0n) is 10.4. The Hall–Kier alpha value is -0.900. The average Bonchev–Trinajstić information content (AvgIpc) is 2.14. The second kappa shape index (κ2) is 5.43. The highest BCUT2D eigenvalue weighted by Gasteiger charge is 2.19. The molecule has 1 saturated heterocycles. The predicted octanol–water partition coefficient (Wildman–Crippen LogP) is 1.38. The van der Waals surface area contributed by atoms with Crippen LogP contribution in [0, 0.1) is 0 Å². The Balaban J connectivity index is 2.19. The molecule has 0 aromatic carbocycles. The van der Waals surface area contributed by atoms with E-state index in [-0.39, 0.29) is 5.97 Å². The van der Waals surface area contributed by atoms with Crippen molar-refractivity contribution in [2.24, 2.45) is 0 Å². The van der Waals surface area contributed by atoms with Gasteiger partial charge in [0.1, 0.15) is 11.4 Å². The third kappa shape index (κ3) is 5.26. The van der Waals surface area contributed by atoms with Crippen LogP contribution in [-0.4, -0.2) is 41.9 Å². The summed E-state index contributed by atoms with van der Waals surface area (Å²) in [4.78, 5) is 24.6. The van der Waals surface area contributed by atoms with E-state index in [1.54, 1.807) is 0 Å². The van der Waals surface area contributed by atoms with Gasteiger partial charge in [-0.05, 0) is 20.8 Å². The lowest BCUT2D eigenvalue weighted by atomic mass is 10.1. The molecule has 1 aliphatic heterocycles. The Kier molecular flexibility index (Phi) is 4.47. The molecule has 0 spiro atoms. The predicted molar refractivity (Wildman–Crippen MR) is 61.1 cm³/mol. The number of hydrogen-bond acceptors (Lipinski definition) is 4. The van der Waals surface area contributed by atoms with Crippen LogP contribution in [0.5, 0.6) is 0 Å². The van der Waals surface area contributed by atoms with Crippen LogP contribution in [0.25, 0.3) is 0 Å². The van der Waals surface area contributed by atoms with Crippen LogP contribution in [-0.2, 0) is 14.3 Å². The molecule has 4 nitrogen and oxygen atoms in total. The van der Waals surface area contributed by atoms with Crippen LogP contribution in [0.2, 0.25) is 0 Å². The summed E-state index contributed by atoms with van der Waals surface area (Å²) < 4.78 is 5.22. The normalized spacial score (nSPS) is 18.6. The fourth-order valence-corrected chi connectivity index (χ4v) is 1.67. The van der Waals surface area contributed by atoms with Crippen LogP contribution in [0.4, 0.5) is 0 Å². The lowest BCUT2D eigenvalue weighted by Crippen LogP contribution is -2.36. The number of piperidine rings is 1. The molecule has 0 saturated carbocycles. The molecule has 1 fully saturated rings. The number of Topliss-reactive ketones (excluding diaryl/α,β-unsaturated/α-hetero) is 1. The molecule has 4 heteroatoms. The number of esters is 1. The maximum atomic E-state index is 11.4. The largest absolute Gasteiger partial charge is 0.460 e. The fourth-order valence-electron chi connectivity index (χ4n) is 1.67. The van der Waals surface area contributed by atoms with Gasteiger partial charge < -0.3 is 9.64 Å². The van der Waals surface area contributed by atoms with E-state index >= 15 is 0 Å². The second-order valence-electron chi connectivity index (χ2n) is 5.22. The number of likely N-dealkylation sites (tertiary alicyclic amines) is 1. The van der Waals surface area contributed by atoms with Gasteiger partial charge in [0.05, 0.1) is 6.42 Å². The van der Waals surface area contributed by atoms with Crippen LogP contribution in [0.15, 0.2) is 0 Å². The van der Waals surface area contributed by atoms with Gasteiger partial charge in [0.2, 0.25) is 0 Å². The number of hydrogen-bond donors (Lipinski definition) is 0. The molecule has 0 atom stereocenters. The van der Waals surface area contributed by atoms with Crippen molar-refractivity contribution >= 4 is 11.8 Å². The van der Waals surface area contributed by atoms with E-state index in [0.717, 1.165) is 13.1 Å². The molecule has 0 radical (unpaired) electrons. The monoisotopic (exact) mass is 227 g/mol. The van der Waals surface area contributed by atoms with Crippen molar-refractivity contribution in [2.45, 2.75) is 45.6 Å². The lowest BCUT2D eigenvalue weighted by Gasteiger charge is -2.26. The third-order valence-corrected chi connectivity index (χ3v) is 2.47. The standard InChI is InChI=1S/C12H21NO3/c1-12(2,3)16-11(15)6-9-13-7-4-10(14)5-8-13/h4-9H2,1-3H3. The Bertz CT molecular complexity index is 258. The zero-order chi connectivity index (χ0) is 12.2. The summed E-state index contributed by atoms with van der Waals surface area (Å²) >= 11 is 0. The van der Waals surface area contributed by atoms with E-state index in [0.29, 0.717) is 31.6 Å². The lowest BCUT2D eigenvalue weighted by molar-refractivity contribution is -0.155. The number of ketones is 1. The van der Waals surface area contributed by atoms with Crippen LogP contribution in [0.3, 0.4) is 0 Å². The Morgan fingerprint density at radius 2 is 1.88 bits per heavy atom. The number of nitrogens with zero attached hydrogens (tertiary/aromatic N) is 1. The average molecular weight is 227 g/mol. The fraction of sp³-hybridized carbons (Fsp3) is 0.833. The van der Waals surface area contributed by atoms with E-state index in [1.165, 1.54) is 0 Å². The number of rotatable bonds is 3. The maximum Gasteiger partial charge on any atom is 0.307 e. The molecule has 1 aliphatic rings. The molecule has 0 unspecified atom stereocenters. The SMILES string of the molecule is CC(C)(C)OC(=O)CCN1CCC(=O)CC1. The first-order valence-corrected chi connectivity index (χ1v) is 5.83. The summed E-state index contributed by atoms with van der Waals surface area (Å²) in [6.45, 7) is 7.85. The molecule has 0 bridgehead atoms. The summed E-state index contributed by atoms with van der Waals surface area (Å²) in [5, 5.41) is 0. The minimum Gasteiger partial charge on any atom is -0.460 e. The van der Waals surface area contributed by atoms with Gasteiger partial charge in [0, 0.05) is 32.5 Å². The molecule has 0 amide bonds. The van der Waals surface area contributed by atoms with Gasteiger partial charge in [-0.1, -0.05) is 0 Å². The summed E-state index contributed by atoms with van der Waals surface area (Å²) in [6.07, 6.45) is 1.65. The minimum absolute atomic E-state index is 0.163. The van der Waals surface area contributed by atoms with Gasteiger partial charge in [0.25, 0.3) is 0 Å². The highest BCUT2D eigenvalue weighted by molar-refractivity contribution is 5.79. The van der Waals surface area contributed by atoms with Gasteiger partial charge in [-0.25, -0.2) is 0 Å². The number of carbonyl (C=O) groups excluding carboxylic acids is 2. The summed E-state index contributed by atoms with van der Waals surface area (Å²) in [5.74, 6) is 0.165. The molecular formula is C12H21NO3. The van der Waals surface area contributed by atoms with Gasteiger partial charge in [-0.2, -0.15) is 0 Å². The molecule has 16 heavy (non-hydrogen) atoms. The van der Waals surface area contributed by atoms with Crippen molar-refractivity contribution in [3.63, 3.8) is 0 Å². The summed E-state index contributed by atoms with van der Waals surface area (Å²) in [7, 11) is 0. The highest BCUT2D eigenvalue weighted by Crippen LogP contribution is 2.10. The molecule has 0 aromatic heterocycles.